The van der Waals surface area contributed by atoms with Gasteiger partial charge in [0.1, 0.15) is 0 Å². The van der Waals surface area contributed by atoms with E-state index in [0.29, 0.717) is 16.8 Å². The van der Waals surface area contributed by atoms with E-state index in [-0.39, 0.29) is 12.5 Å². The third-order valence-corrected chi connectivity index (χ3v) is 5.67. The van der Waals surface area contributed by atoms with Gasteiger partial charge in [0.2, 0.25) is 10.0 Å². The smallest absolute Gasteiger partial charge is 0.251 e. The van der Waals surface area contributed by atoms with Gasteiger partial charge in [0, 0.05) is 35.2 Å². The second-order valence-electron chi connectivity index (χ2n) is 6.39. The van der Waals surface area contributed by atoms with Crippen LogP contribution >= 0.6 is 11.8 Å². The molecule has 1 heterocycles. The lowest BCUT2D eigenvalue weighted by Crippen LogP contribution is -2.23. The lowest BCUT2D eigenvalue weighted by molar-refractivity contribution is 0.0951. The van der Waals surface area contributed by atoms with Gasteiger partial charge in [-0.3, -0.25) is 14.5 Å². The molecular formula is C21H21N3O3S2. The van der Waals surface area contributed by atoms with Gasteiger partial charge in [0.05, 0.1) is 11.9 Å². The largest absolute Gasteiger partial charge is 0.348 e. The first-order valence-electron chi connectivity index (χ1n) is 8.86. The highest BCUT2D eigenvalue weighted by Crippen LogP contribution is 2.23. The summed E-state index contributed by atoms with van der Waals surface area (Å²) >= 11 is 1.67. The van der Waals surface area contributed by atoms with Crippen LogP contribution in [0.1, 0.15) is 21.5 Å². The van der Waals surface area contributed by atoms with Crippen LogP contribution in [0.4, 0.5) is 5.69 Å². The monoisotopic (exact) mass is 427 g/mol. The minimum atomic E-state index is -3.39. The summed E-state index contributed by atoms with van der Waals surface area (Å²) in [5.41, 5.74) is 2.83. The Morgan fingerprint density at radius 3 is 2.48 bits per heavy atom. The molecule has 6 nitrogen and oxygen atoms in total. The van der Waals surface area contributed by atoms with E-state index in [1.54, 1.807) is 54.4 Å². The number of thioether (sulfide) groups is 1. The lowest BCUT2D eigenvalue weighted by Gasteiger charge is -2.12. The number of hydrogen-bond acceptors (Lipinski definition) is 5. The molecule has 0 saturated heterocycles. The van der Waals surface area contributed by atoms with Crippen molar-refractivity contribution in [3.63, 3.8) is 0 Å². The molecule has 0 atom stereocenters. The van der Waals surface area contributed by atoms with Crippen molar-refractivity contribution in [3.8, 4) is 0 Å². The van der Waals surface area contributed by atoms with E-state index in [1.807, 2.05) is 30.5 Å². The molecule has 0 aliphatic heterocycles. The van der Waals surface area contributed by atoms with Crippen molar-refractivity contribution in [2.75, 3.05) is 11.0 Å². The molecule has 150 valence electrons. The number of rotatable bonds is 8. The summed E-state index contributed by atoms with van der Waals surface area (Å²) in [4.78, 5) is 17.6. The number of para-hydroxylation sites is 1. The van der Waals surface area contributed by atoms with E-state index in [9.17, 15) is 13.2 Å². The van der Waals surface area contributed by atoms with Gasteiger partial charge in [-0.15, -0.1) is 11.8 Å². The third kappa shape index (κ3) is 6.62. The Hall–Kier alpha value is -2.84. The molecule has 29 heavy (non-hydrogen) atoms. The summed E-state index contributed by atoms with van der Waals surface area (Å²) in [7, 11) is -3.39. The summed E-state index contributed by atoms with van der Waals surface area (Å²) in [6.07, 6.45) is 4.68. The van der Waals surface area contributed by atoms with Crippen LogP contribution in [-0.4, -0.2) is 25.6 Å². The van der Waals surface area contributed by atoms with Crippen LogP contribution < -0.4 is 10.0 Å². The number of nitrogens with one attached hydrogen (secondary N) is 2. The predicted octanol–water partition coefficient (Wildman–Crippen LogP) is 3.68. The fraction of sp³-hybridized carbons (Fsp3) is 0.143. The number of aromatic nitrogens is 1. The second-order valence-corrected chi connectivity index (χ2v) is 9.19. The summed E-state index contributed by atoms with van der Waals surface area (Å²) in [6, 6.07) is 18.3. The van der Waals surface area contributed by atoms with Crippen molar-refractivity contribution in [1.82, 2.24) is 10.3 Å². The van der Waals surface area contributed by atoms with E-state index in [1.165, 1.54) is 0 Å². The highest BCUT2D eigenvalue weighted by Gasteiger charge is 2.10. The van der Waals surface area contributed by atoms with Crippen molar-refractivity contribution >= 4 is 33.4 Å². The summed E-state index contributed by atoms with van der Waals surface area (Å²) in [6.45, 7) is 0.217. The fourth-order valence-electron chi connectivity index (χ4n) is 2.60. The molecule has 0 fully saturated rings. The molecule has 2 N–H and O–H groups in total. The van der Waals surface area contributed by atoms with E-state index in [2.05, 4.69) is 15.0 Å². The Bertz CT molecular complexity index is 1070. The molecule has 0 bridgehead atoms. The predicted molar refractivity (Wildman–Crippen MR) is 116 cm³/mol. The van der Waals surface area contributed by atoms with Gasteiger partial charge in [-0.25, -0.2) is 8.42 Å². The second kappa shape index (κ2) is 9.58. The van der Waals surface area contributed by atoms with Crippen LogP contribution in [0.25, 0.3) is 0 Å². The highest BCUT2D eigenvalue weighted by molar-refractivity contribution is 7.98. The number of amides is 1. The summed E-state index contributed by atoms with van der Waals surface area (Å²) in [5, 5.41) is 2.83. The zero-order valence-corrected chi connectivity index (χ0v) is 17.5. The maximum absolute atomic E-state index is 12.4. The Kier molecular flexibility index (Phi) is 6.90. The van der Waals surface area contributed by atoms with E-state index >= 15 is 0 Å². The van der Waals surface area contributed by atoms with Crippen LogP contribution in [-0.2, 0) is 22.3 Å². The first-order valence-corrected chi connectivity index (χ1v) is 11.7. The molecule has 0 unspecified atom stereocenters. The van der Waals surface area contributed by atoms with Crippen molar-refractivity contribution in [3.05, 3.63) is 89.7 Å². The van der Waals surface area contributed by atoms with Gasteiger partial charge in [0.25, 0.3) is 5.91 Å². The Morgan fingerprint density at radius 1 is 1.03 bits per heavy atom. The van der Waals surface area contributed by atoms with Crippen LogP contribution in [0, 0.1) is 0 Å². The minimum absolute atomic E-state index is 0.217. The van der Waals surface area contributed by atoms with Gasteiger partial charge in [0.15, 0.2) is 0 Å². The van der Waals surface area contributed by atoms with E-state index in [4.69, 9.17) is 0 Å². The number of carbonyl (C=O) groups is 1. The molecule has 8 heteroatoms. The van der Waals surface area contributed by atoms with Gasteiger partial charge in [-0.05, 0) is 47.5 Å². The molecule has 2 aromatic carbocycles. The quantitative estimate of drug-likeness (QED) is 0.536. The Labute approximate surface area is 174 Å². The molecule has 3 aromatic rings. The number of nitrogens with zero attached hydrogens (tertiary/aromatic N) is 1. The average Bonchev–Trinajstić information content (AvgIpc) is 2.71. The van der Waals surface area contributed by atoms with Gasteiger partial charge in [-0.2, -0.15) is 0 Å². The molecule has 0 aliphatic carbocycles. The minimum Gasteiger partial charge on any atom is -0.348 e. The molecular weight excluding hydrogens is 406 g/mol. The average molecular weight is 428 g/mol. The first-order chi connectivity index (χ1) is 13.9. The Balaban J connectivity index is 1.57. The highest BCUT2D eigenvalue weighted by atomic mass is 32.2. The number of hydrogen-bond donors (Lipinski definition) is 2. The van der Waals surface area contributed by atoms with Crippen molar-refractivity contribution in [2.24, 2.45) is 0 Å². The number of sulfonamides is 1. The maximum atomic E-state index is 12.4. The lowest BCUT2D eigenvalue weighted by atomic mass is 10.1. The molecule has 0 spiro atoms. The zero-order chi connectivity index (χ0) is 20.7. The molecule has 3 rings (SSSR count). The van der Waals surface area contributed by atoms with Crippen LogP contribution in [0.15, 0.2) is 78.0 Å². The van der Waals surface area contributed by atoms with Crippen LogP contribution in [0.2, 0.25) is 0 Å². The first kappa shape index (κ1) is 20.9. The standard InChI is InChI=1S/C21H21N3O3S2/c1-29(26,27)24-20-7-3-2-6-18(20)14-23-21(25)17-8-10-19(11-9-17)28-15-16-5-4-12-22-13-16/h2-13,24H,14-15H2,1H3,(H,23,25). The third-order valence-electron chi connectivity index (χ3n) is 4.00. The zero-order valence-electron chi connectivity index (χ0n) is 15.8. The molecule has 0 saturated carbocycles. The number of benzene rings is 2. The van der Waals surface area contributed by atoms with Crippen molar-refractivity contribution < 1.29 is 13.2 Å². The van der Waals surface area contributed by atoms with Gasteiger partial charge in [-0.1, -0.05) is 24.3 Å². The topological polar surface area (TPSA) is 88.2 Å². The Morgan fingerprint density at radius 2 is 1.79 bits per heavy atom. The van der Waals surface area contributed by atoms with Crippen LogP contribution in [0.3, 0.4) is 0 Å². The molecule has 0 aliphatic rings. The van der Waals surface area contributed by atoms with Gasteiger partial charge >= 0.3 is 0 Å². The van der Waals surface area contributed by atoms with Crippen molar-refractivity contribution in [2.45, 2.75) is 17.2 Å². The van der Waals surface area contributed by atoms with Crippen molar-refractivity contribution in [1.29, 1.82) is 0 Å². The number of anilines is 1. The molecule has 1 aromatic heterocycles. The molecule has 0 radical (unpaired) electrons. The normalized spacial score (nSPS) is 11.1. The summed E-state index contributed by atoms with van der Waals surface area (Å²) < 4.78 is 25.4. The van der Waals surface area contributed by atoms with Gasteiger partial charge < -0.3 is 5.32 Å². The van der Waals surface area contributed by atoms with E-state index in [0.717, 1.165) is 22.5 Å². The van der Waals surface area contributed by atoms with Crippen LogP contribution in [0.5, 0.6) is 0 Å². The molecule has 1 amide bonds. The summed E-state index contributed by atoms with van der Waals surface area (Å²) in [5.74, 6) is 0.590. The SMILES string of the molecule is CS(=O)(=O)Nc1ccccc1CNC(=O)c1ccc(SCc2cccnc2)cc1. The number of carbonyl (C=O) groups excluding carboxylic acids is 1. The number of pyridine rings is 1. The van der Waals surface area contributed by atoms with E-state index < -0.39 is 10.0 Å². The maximum Gasteiger partial charge on any atom is 0.251 e. The fourth-order valence-corrected chi connectivity index (χ4v) is 4.04.